The second kappa shape index (κ2) is 7.61. The van der Waals surface area contributed by atoms with Crippen molar-refractivity contribution in [2.24, 2.45) is 0 Å². The SMILES string of the molecule is Cc1ccc(C(=O)Nc2cccc(OCCn3cncn3)c2)c(C)c1. The number of benzene rings is 2. The monoisotopic (exact) mass is 336 g/mol. The molecule has 1 N–H and O–H groups in total. The van der Waals surface area contributed by atoms with Gasteiger partial charge in [0.15, 0.2) is 0 Å². The summed E-state index contributed by atoms with van der Waals surface area (Å²) < 4.78 is 7.41. The van der Waals surface area contributed by atoms with E-state index in [-0.39, 0.29) is 5.91 Å². The highest BCUT2D eigenvalue weighted by Crippen LogP contribution is 2.19. The van der Waals surface area contributed by atoms with Crippen LogP contribution >= 0.6 is 0 Å². The number of hydrogen-bond donors (Lipinski definition) is 1. The van der Waals surface area contributed by atoms with Crippen LogP contribution in [-0.4, -0.2) is 27.3 Å². The van der Waals surface area contributed by atoms with Crippen LogP contribution in [0.1, 0.15) is 21.5 Å². The van der Waals surface area contributed by atoms with E-state index in [2.05, 4.69) is 15.4 Å². The number of nitrogens with zero attached hydrogens (tertiary/aromatic N) is 3. The summed E-state index contributed by atoms with van der Waals surface area (Å²) in [6, 6.07) is 13.1. The number of carbonyl (C=O) groups is 1. The molecule has 0 saturated carbocycles. The summed E-state index contributed by atoms with van der Waals surface area (Å²) in [4.78, 5) is 16.3. The number of nitrogens with one attached hydrogen (secondary N) is 1. The van der Waals surface area contributed by atoms with Crippen molar-refractivity contribution in [3.8, 4) is 5.75 Å². The fourth-order valence-electron chi connectivity index (χ4n) is 2.54. The van der Waals surface area contributed by atoms with Crippen molar-refractivity contribution in [1.29, 1.82) is 0 Å². The van der Waals surface area contributed by atoms with Crippen LogP contribution in [-0.2, 0) is 6.54 Å². The van der Waals surface area contributed by atoms with Crippen LogP contribution in [0.5, 0.6) is 5.75 Å². The standard InChI is InChI=1S/C19H20N4O2/c1-14-6-7-18(15(2)10-14)19(24)22-16-4-3-5-17(11-16)25-9-8-23-13-20-12-21-23/h3-7,10-13H,8-9H2,1-2H3,(H,22,24). The molecule has 25 heavy (non-hydrogen) atoms. The Bertz CT molecular complexity index is 860. The molecule has 0 aliphatic heterocycles. The number of hydrogen-bond acceptors (Lipinski definition) is 4. The van der Waals surface area contributed by atoms with Crippen LogP contribution in [0.3, 0.4) is 0 Å². The molecule has 0 unspecified atom stereocenters. The van der Waals surface area contributed by atoms with Gasteiger partial charge in [-0.3, -0.25) is 4.79 Å². The van der Waals surface area contributed by atoms with Crippen molar-refractivity contribution in [1.82, 2.24) is 14.8 Å². The molecule has 3 rings (SSSR count). The van der Waals surface area contributed by atoms with Crippen LogP contribution in [0.25, 0.3) is 0 Å². The summed E-state index contributed by atoms with van der Waals surface area (Å²) in [5.41, 5.74) is 3.46. The molecule has 1 amide bonds. The average molecular weight is 336 g/mol. The third-order valence-electron chi connectivity index (χ3n) is 3.77. The van der Waals surface area contributed by atoms with E-state index in [0.717, 1.165) is 11.1 Å². The van der Waals surface area contributed by atoms with Gasteiger partial charge >= 0.3 is 0 Å². The fourth-order valence-corrected chi connectivity index (χ4v) is 2.54. The van der Waals surface area contributed by atoms with E-state index in [9.17, 15) is 4.79 Å². The minimum absolute atomic E-state index is 0.128. The zero-order valence-electron chi connectivity index (χ0n) is 14.3. The van der Waals surface area contributed by atoms with Gasteiger partial charge in [-0.15, -0.1) is 0 Å². The van der Waals surface area contributed by atoms with Gasteiger partial charge in [0.2, 0.25) is 0 Å². The number of amides is 1. The maximum absolute atomic E-state index is 12.5. The lowest BCUT2D eigenvalue weighted by atomic mass is 10.1. The van der Waals surface area contributed by atoms with Gasteiger partial charge < -0.3 is 10.1 Å². The molecule has 1 heterocycles. The smallest absolute Gasteiger partial charge is 0.255 e. The van der Waals surface area contributed by atoms with Gasteiger partial charge in [0, 0.05) is 17.3 Å². The molecular formula is C19H20N4O2. The van der Waals surface area contributed by atoms with Crippen molar-refractivity contribution in [3.63, 3.8) is 0 Å². The highest BCUT2D eigenvalue weighted by Gasteiger charge is 2.09. The summed E-state index contributed by atoms with van der Waals surface area (Å²) in [6.45, 7) is 5.03. The molecule has 0 atom stereocenters. The highest BCUT2D eigenvalue weighted by molar-refractivity contribution is 6.05. The lowest BCUT2D eigenvalue weighted by molar-refractivity contribution is 0.102. The third kappa shape index (κ3) is 4.44. The first-order valence-corrected chi connectivity index (χ1v) is 8.06. The normalized spacial score (nSPS) is 10.5. The van der Waals surface area contributed by atoms with Crippen LogP contribution in [0.15, 0.2) is 55.1 Å². The maximum Gasteiger partial charge on any atom is 0.255 e. The first-order chi connectivity index (χ1) is 12.1. The predicted octanol–water partition coefficient (Wildman–Crippen LogP) is 3.23. The maximum atomic E-state index is 12.5. The summed E-state index contributed by atoms with van der Waals surface area (Å²) in [7, 11) is 0. The number of carbonyl (C=O) groups excluding carboxylic acids is 1. The lowest BCUT2D eigenvalue weighted by Crippen LogP contribution is -2.13. The van der Waals surface area contributed by atoms with Crippen LogP contribution in [0.2, 0.25) is 0 Å². The van der Waals surface area contributed by atoms with E-state index >= 15 is 0 Å². The molecule has 6 heteroatoms. The van der Waals surface area contributed by atoms with Crippen LogP contribution in [0, 0.1) is 13.8 Å². The second-order valence-electron chi connectivity index (χ2n) is 5.81. The van der Waals surface area contributed by atoms with E-state index in [0.29, 0.717) is 30.2 Å². The number of rotatable bonds is 6. The molecule has 128 valence electrons. The van der Waals surface area contributed by atoms with Gasteiger partial charge in [-0.1, -0.05) is 23.8 Å². The van der Waals surface area contributed by atoms with Crippen molar-refractivity contribution in [3.05, 3.63) is 71.8 Å². The van der Waals surface area contributed by atoms with Gasteiger partial charge in [0.05, 0.1) is 6.54 Å². The minimum atomic E-state index is -0.128. The van der Waals surface area contributed by atoms with Gasteiger partial charge in [-0.05, 0) is 37.6 Å². The number of aromatic nitrogens is 3. The summed E-state index contributed by atoms with van der Waals surface area (Å²) in [5, 5.41) is 6.94. The predicted molar refractivity (Wildman–Crippen MR) is 95.8 cm³/mol. The largest absolute Gasteiger partial charge is 0.492 e. The molecule has 0 spiro atoms. The van der Waals surface area contributed by atoms with Crippen molar-refractivity contribution in [2.75, 3.05) is 11.9 Å². The van der Waals surface area contributed by atoms with E-state index in [4.69, 9.17) is 4.74 Å². The molecule has 0 radical (unpaired) electrons. The number of ether oxygens (including phenoxy) is 1. The van der Waals surface area contributed by atoms with Crippen LogP contribution < -0.4 is 10.1 Å². The Labute approximate surface area is 146 Å². The second-order valence-corrected chi connectivity index (χ2v) is 5.81. The Morgan fingerprint density at radius 3 is 2.84 bits per heavy atom. The zero-order valence-corrected chi connectivity index (χ0v) is 14.3. The summed E-state index contributed by atoms with van der Waals surface area (Å²) >= 11 is 0. The molecule has 0 saturated heterocycles. The number of anilines is 1. The van der Waals surface area contributed by atoms with Gasteiger partial charge in [-0.2, -0.15) is 5.10 Å². The molecule has 0 aliphatic rings. The Balaban J connectivity index is 1.61. The molecule has 2 aromatic carbocycles. The van der Waals surface area contributed by atoms with Gasteiger partial charge in [-0.25, -0.2) is 9.67 Å². The topological polar surface area (TPSA) is 69.0 Å². The Kier molecular flexibility index (Phi) is 5.09. The molecule has 0 fully saturated rings. The molecule has 1 aromatic heterocycles. The quantitative estimate of drug-likeness (QED) is 0.750. The first kappa shape index (κ1) is 16.7. The Morgan fingerprint density at radius 2 is 2.08 bits per heavy atom. The zero-order chi connectivity index (χ0) is 17.6. The molecule has 0 aliphatic carbocycles. The molecular weight excluding hydrogens is 316 g/mol. The van der Waals surface area contributed by atoms with Crippen molar-refractivity contribution in [2.45, 2.75) is 20.4 Å². The highest BCUT2D eigenvalue weighted by atomic mass is 16.5. The molecule has 6 nitrogen and oxygen atoms in total. The minimum Gasteiger partial charge on any atom is -0.492 e. The Morgan fingerprint density at radius 1 is 1.20 bits per heavy atom. The van der Waals surface area contributed by atoms with Crippen molar-refractivity contribution < 1.29 is 9.53 Å². The van der Waals surface area contributed by atoms with E-state index in [1.54, 1.807) is 11.0 Å². The van der Waals surface area contributed by atoms with E-state index in [1.807, 2.05) is 56.3 Å². The Hall–Kier alpha value is -3.15. The van der Waals surface area contributed by atoms with Crippen molar-refractivity contribution >= 4 is 11.6 Å². The van der Waals surface area contributed by atoms with Gasteiger partial charge in [0.1, 0.15) is 25.0 Å². The first-order valence-electron chi connectivity index (χ1n) is 8.06. The fraction of sp³-hybridized carbons (Fsp3) is 0.211. The van der Waals surface area contributed by atoms with Crippen LogP contribution in [0.4, 0.5) is 5.69 Å². The third-order valence-corrected chi connectivity index (χ3v) is 3.77. The summed E-state index contributed by atoms with van der Waals surface area (Å²) in [5.74, 6) is 0.566. The molecule has 3 aromatic rings. The molecule has 0 bridgehead atoms. The summed E-state index contributed by atoms with van der Waals surface area (Å²) in [6.07, 6.45) is 3.13. The average Bonchev–Trinajstić information content (AvgIpc) is 3.08. The number of aryl methyl sites for hydroxylation is 2. The van der Waals surface area contributed by atoms with Gasteiger partial charge in [0.25, 0.3) is 5.91 Å². The van der Waals surface area contributed by atoms with E-state index in [1.165, 1.54) is 6.33 Å². The van der Waals surface area contributed by atoms with E-state index < -0.39 is 0 Å². The lowest BCUT2D eigenvalue weighted by Gasteiger charge is -2.11.